The molecule has 0 saturated heterocycles. The second kappa shape index (κ2) is 3.61. The Morgan fingerprint density at radius 2 is 2.29 bits per heavy atom. The molecule has 0 radical (unpaired) electrons. The van der Waals surface area contributed by atoms with E-state index in [4.69, 9.17) is 22.4 Å². The molecule has 1 unspecified atom stereocenters. The van der Waals surface area contributed by atoms with Crippen molar-refractivity contribution in [3.8, 4) is 0 Å². The Balaban J connectivity index is 2.52. The first-order valence-corrected chi connectivity index (χ1v) is 4.73. The summed E-state index contributed by atoms with van der Waals surface area (Å²) in [5.41, 5.74) is 7.54. The van der Waals surface area contributed by atoms with E-state index in [1.807, 2.05) is 18.2 Å². The van der Waals surface area contributed by atoms with Crippen LogP contribution in [0.3, 0.4) is 0 Å². The van der Waals surface area contributed by atoms with Crippen LogP contribution in [0.15, 0.2) is 24.4 Å². The first kappa shape index (κ1) is 9.52. The molecule has 1 atom stereocenters. The first-order chi connectivity index (χ1) is 6.72. The highest BCUT2D eigenvalue weighted by Crippen LogP contribution is 2.25. The van der Waals surface area contributed by atoms with E-state index in [0.29, 0.717) is 5.02 Å². The molecule has 0 aliphatic rings. The molecule has 0 saturated carbocycles. The summed E-state index contributed by atoms with van der Waals surface area (Å²) in [5, 5.41) is 10.6. The largest absolute Gasteiger partial charge is 0.394 e. The van der Waals surface area contributed by atoms with Gasteiger partial charge in [0.05, 0.1) is 17.7 Å². The number of rotatable bonds is 2. The quantitative estimate of drug-likeness (QED) is 0.708. The zero-order valence-electron chi connectivity index (χ0n) is 7.50. The fraction of sp³-hybridized carbons (Fsp3) is 0.200. The second-order valence-electron chi connectivity index (χ2n) is 3.23. The Morgan fingerprint density at radius 3 is 3.00 bits per heavy atom. The van der Waals surface area contributed by atoms with Crippen LogP contribution in [0.4, 0.5) is 0 Å². The topological polar surface area (TPSA) is 62.0 Å². The molecule has 3 nitrogen and oxygen atoms in total. The summed E-state index contributed by atoms with van der Waals surface area (Å²) in [6.45, 7) is -0.0556. The van der Waals surface area contributed by atoms with Crippen LogP contribution < -0.4 is 5.73 Å². The van der Waals surface area contributed by atoms with Crippen molar-refractivity contribution in [2.24, 2.45) is 5.73 Å². The number of aromatic nitrogens is 1. The fourth-order valence-corrected chi connectivity index (χ4v) is 1.66. The van der Waals surface area contributed by atoms with Gasteiger partial charge in [-0.25, -0.2) is 0 Å². The average molecular weight is 211 g/mol. The van der Waals surface area contributed by atoms with Crippen molar-refractivity contribution in [3.63, 3.8) is 0 Å². The number of aliphatic hydroxyl groups excluding tert-OH is 1. The molecule has 0 bridgehead atoms. The Hall–Kier alpha value is -1.03. The minimum atomic E-state index is -0.332. The van der Waals surface area contributed by atoms with Crippen molar-refractivity contribution in [1.82, 2.24) is 4.98 Å². The molecule has 1 aromatic carbocycles. The van der Waals surface area contributed by atoms with Gasteiger partial charge in [-0.1, -0.05) is 23.7 Å². The van der Waals surface area contributed by atoms with Crippen LogP contribution in [0.25, 0.3) is 10.9 Å². The number of fused-ring (bicyclic) bond motifs is 1. The van der Waals surface area contributed by atoms with Gasteiger partial charge in [0.15, 0.2) is 0 Å². The number of hydrogen-bond donors (Lipinski definition) is 3. The lowest BCUT2D eigenvalue weighted by molar-refractivity contribution is 0.268. The number of aliphatic hydroxyl groups is 1. The van der Waals surface area contributed by atoms with Gasteiger partial charge in [0.1, 0.15) is 0 Å². The number of aromatic amines is 1. The van der Waals surface area contributed by atoms with Crippen LogP contribution in [-0.4, -0.2) is 16.7 Å². The lowest BCUT2D eigenvalue weighted by Crippen LogP contribution is -2.14. The van der Waals surface area contributed by atoms with Crippen LogP contribution in [-0.2, 0) is 0 Å². The molecule has 1 aromatic heterocycles. The maximum absolute atomic E-state index is 8.90. The van der Waals surface area contributed by atoms with E-state index >= 15 is 0 Å². The van der Waals surface area contributed by atoms with Gasteiger partial charge >= 0.3 is 0 Å². The molecule has 74 valence electrons. The SMILES string of the molecule is NC(CO)c1ccc2c(Cl)c[nH]c2c1. The lowest BCUT2D eigenvalue weighted by Gasteiger charge is -2.07. The van der Waals surface area contributed by atoms with Gasteiger partial charge in [0.25, 0.3) is 0 Å². The van der Waals surface area contributed by atoms with Crippen molar-refractivity contribution in [2.75, 3.05) is 6.61 Å². The van der Waals surface area contributed by atoms with E-state index in [1.165, 1.54) is 0 Å². The standard InChI is InChI=1S/C10H11ClN2O/c11-8-4-13-10-3-6(9(12)5-14)1-2-7(8)10/h1-4,9,13-14H,5,12H2. The minimum Gasteiger partial charge on any atom is -0.394 e. The van der Waals surface area contributed by atoms with Gasteiger partial charge in [-0.3, -0.25) is 0 Å². The molecule has 1 heterocycles. The number of halogens is 1. The minimum absolute atomic E-state index is 0.0556. The van der Waals surface area contributed by atoms with Gasteiger partial charge in [0, 0.05) is 17.1 Å². The van der Waals surface area contributed by atoms with Crippen LogP contribution in [0, 0.1) is 0 Å². The summed E-state index contributed by atoms with van der Waals surface area (Å²) < 4.78 is 0. The van der Waals surface area contributed by atoms with Crippen molar-refractivity contribution < 1.29 is 5.11 Å². The molecule has 2 aromatic rings. The molecule has 0 spiro atoms. The van der Waals surface area contributed by atoms with Crippen LogP contribution in [0.2, 0.25) is 5.02 Å². The van der Waals surface area contributed by atoms with Gasteiger partial charge in [0.2, 0.25) is 0 Å². The summed E-state index contributed by atoms with van der Waals surface area (Å²) in [6, 6.07) is 5.35. The lowest BCUT2D eigenvalue weighted by atomic mass is 10.1. The van der Waals surface area contributed by atoms with Crippen molar-refractivity contribution >= 4 is 22.5 Å². The maximum atomic E-state index is 8.90. The highest BCUT2D eigenvalue weighted by molar-refractivity contribution is 6.35. The highest BCUT2D eigenvalue weighted by atomic mass is 35.5. The third-order valence-electron chi connectivity index (χ3n) is 2.28. The first-order valence-electron chi connectivity index (χ1n) is 4.35. The normalized spacial score (nSPS) is 13.4. The molecular weight excluding hydrogens is 200 g/mol. The van der Waals surface area contributed by atoms with Gasteiger partial charge in [-0.15, -0.1) is 0 Å². The summed E-state index contributed by atoms with van der Waals surface area (Å²) in [6.07, 6.45) is 1.74. The fourth-order valence-electron chi connectivity index (χ4n) is 1.44. The molecule has 2 rings (SSSR count). The Labute approximate surface area is 86.5 Å². The van der Waals surface area contributed by atoms with E-state index < -0.39 is 0 Å². The molecule has 0 amide bonds. The van der Waals surface area contributed by atoms with Crippen LogP contribution in [0.1, 0.15) is 11.6 Å². The Bertz CT molecular complexity index is 452. The van der Waals surface area contributed by atoms with Crippen molar-refractivity contribution in [2.45, 2.75) is 6.04 Å². The molecule has 4 N–H and O–H groups in total. The number of nitrogens with one attached hydrogen (secondary N) is 1. The molecule has 0 aliphatic heterocycles. The zero-order valence-corrected chi connectivity index (χ0v) is 8.25. The summed E-state index contributed by atoms with van der Waals surface area (Å²) in [7, 11) is 0. The number of hydrogen-bond acceptors (Lipinski definition) is 2. The average Bonchev–Trinajstić information content (AvgIpc) is 2.59. The van der Waals surface area contributed by atoms with Crippen LogP contribution >= 0.6 is 11.6 Å². The molecule has 14 heavy (non-hydrogen) atoms. The highest BCUT2D eigenvalue weighted by Gasteiger charge is 2.07. The van der Waals surface area contributed by atoms with E-state index in [9.17, 15) is 0 Å². The molecular formula is C10H11ClN2O. The number of H-pyrrole nitrogens is 1. The van der Waals surface area contributed by atoms with Crippen molar-refractivity contribution in [1.29, 1.82) is 0 Å². The molecule has 0 fully saturated rings. The van der Waals surface area contributed by atoms with E-state index in [0.717, 1.165) is 16.5 Å². The summed E-state index contributed by atoms with van der Waals surface area (Å²) in [5.74, 6) is 0. The summed E-state index contributed by atoms with van der Waals surface area (Å²) >= 11 is 5.93. The predicted octanol–water partition coefficient (Wildman–Crippen LogP) is 1.81. The Kier molecular flexibility index (Phi) is 2.46. The number of nitrogens with two attached hydrogens (primary N) is 1. The van der Waals surface area contributed by atoms with E-state index in [2.05, 4.69) is 4.98 Å². The van der Waals surface area contributed by atoms with Crippen LogP contribution in [0.5, 0.6) is 0 Å². The summed E-state index contributed by atoms with van der Waals surface area (Å²) in [4.78, 5) is 3.04. The van der Waals surface area contributed by atoms with Gasteiger partial charge in [-0.05, 0) is 11.6 Å². The smallest absolute Gasteiger partial charge is 0.0659 e. The van der Waals surface area contributed by atoms with Crippen molar-refractivity contribution in [3.05, 3.63) is 35.0 Å². The monoisotopic (exact) mass is 210 g/mol. The van der Waals surface area contributed by atoms with Gasteiger partial charge in [-0.2, -0.15) is 0 Å². The molecule has 4 heteroatoms. The van der Waals surface area contributed by atoms with Gasteiger partial charge < -0.3 is 15.8 Å². The second-order valence-corrected chi connectivity index (χ2v) is 3.64. The third-order valence-corrected chi connectivity index (χ3v) is 2.59. The van der Waals surface area contributed by atoms with E-state index in [1.54, 1.807) is 6.20 Å². The predicted molar refractivity (Wildman–Crippen MR) is 57.3 cm³/mol. The maximum Gasteiger partial charge on any atom is 0.0659 e. The molecule has 0 aliphatic carbocycles. The number of benzene rings is 1. The van der Waals surface area contributed by atoms with E-state index in [-0.39, 0.29) is 12.6 Å². The Morgan fingerprint density at radius 1 is 1.50 bits per heavy atom. The third kappa shape index (κ3) is 1.50. The zero-order chi connectivity index (χ0) is 10.1.